The third-order valence-corrected chi connectivity index (χ3v) is 8.36. The lowest BCUT2D eigenvalue weighted by molar-refractivity contribution is -0.124. The molecule has 0 saturated heterocycles. The largest absolute Gasteiger partial charge is 0.490 e. The fourth-order valence-corrected chi connectivity index (χ4v) is 5.59. The first-order valence-corrected chi connectivity index (χ1v) is 14.6. The Morgan fingerprint density at radius 2 is 1.72 bits per heavy atom. The van der Waals surface area contributed by atoms with E-state index >= 15 is 0 Å². The Morgan fingerprint density at radius 3 is 2.28 bits per heavy atom. The molecule has 0 radical (unpaired) electrons. The monoisotopic (exact) mass is 629 g/mol. The number of aromatic nitrogens is 2. The van der Waals surface area contributed by atoms with Crippen LogP contribution in [0.4, 0.5) is 0 Å². The Morgan fingerprint density at radius 1 is 1.05 bits per heavy atom. The van der Waals surface area contributed by atoms with Crippen molar-refractivity contribution < 1.29 is 43.8 Å². The van der Waals surface area contributed by atoms with E-state index in [2.05, 4.69) is 15.5 Å². The second-order valence-corrected chi connectivity index (χ2v) is 11.5. The molecule has 3 aromatic heterocycles. The van der Waals surface area contributed by atoms with Gasteiger partial charge in [-0.1, -0.05) is 12.1 Å². The van der Waals surface area contributed by atoms with Crippen LogP contribution < -0.4 is 10.1 Å². The lowest BCUT2D eigenvalue weighted by Gasteiger charge is -2.17. The molecule has 228 valence electrons. The van der Waals surface area contributed by atoms with E-state index in [0.717, 1.165) is 50.3 Å². The average Bonchev–Trinajstić information content (AvgIpc) is 3.73. The molecule has 1 aromatic carbocycles. The molecule has 0 aliphatic carbocycles. The van der Waals surface area contributed by atoms with Crippen molar-refractivity contribution in [1.29, 1.82) is 0 Å². The number of carbonyl (C=O) groups excluding carboxylic acids is 3. The number of nitrogens with zero attached hydrogens (tertiary/aromatic N) is 2. The fraction of sp³-hybridized carbons (Fsp3) is 0.310. The van der Waals surface area contributed by atoms with Gasteiger partial charge in [0.25, 0.3) is 5.89 Å². The molecule has 1 amide bonds. The van der Waals surface area contributed by atoms with Crippen molar-refractivity contribution in [2.24, 2.45) is 0 Å². The molecule has 1 atom stereocenters. The molecule has 4 N–H and O–H groups in total. The smallest absolute Gasteiger partial charge is 0.345 e. The van der Waals surface area contributed by atoms with Crippen LogP contribution in [-0.4, -0.2) is 75.8 Å². The maximum atomic E-state index is 11.1. The van der Waals surface area contributed by atoms with E-state index in [0.29, 0.717) is 39.9 Å². The molecule has 4 rings (SSSR count). The summed E-state index contributed by atoms with van der Waals surface area (Å²) in [6.07, 6.45) is 1.25. The third-order valence-electron chi connectivity index (χ3n) is 6.06. The van der Waals surface area contributed by atoms with Crippen molar-refractivity contribution in [3.63, 3.8) is 0 Å². The summed E-state index contributed by atoms with van der Waals surface area (Å²) >= 11 is 2.30. The second kappa shape index (κ2) is 15.3. The van der Waals surface area contributed by atoms with Gasteiger partial charge in [-0.25, -0.2) is 4.79 Å². The van der Waals surface area contributed by atoms with Gasteiger partial charge >= 0.3 is 5.97 Å². The number of nitrogens with one attached hydrogen (secondary N) is 1. The van der Waals surface area contributed by atoms with Crippen molar-refractivity contribution in [2.45, 2.75) is 40.2 Å². The predicted octanol–water partition coefficient (Wildman–Crippen LogP) is 3.87. The van der Waals surface area contributed by atoms with Gasteiger partial charge in [-0.3, -0.25) is 14.4 Å². The van der Waals surface area contributed by atoms with Crippen molar-refractivity contribution in [3.8, 4) is 27.9 Å². The lowest BCUT2D eigenvalue weighted by Crippen LogP contribution is -2.36. The molecule has 43 heavy (non-hydrogen) atoms. The van der Waals surface area contributed by atoms with Gasteiger partial charge in [-0.15, -0.1) is 22.7 Å². The third kappa shape index (κ3) is 8.64. The minimum absolute atomic E-state index is 0.0119. The van der Waals surface area contributed by atoms with Crippen LogP contribution in [0.2, 0.25) is 0 Å². The zero-order chi connectivity index (χ0) is 31.7. The van der Waals surface area contributed by atoms with Crippen LogP contribution in [0.3, 0.4) is 0 Å². The van der Waals surface area contributed by atoms with E-state index in [-0.39, 0.29) is 18.0 Å². The van der Waals surface area contributed by atoms with Gasteiger partial charge in [0, 0.05) is 12.1 Å². The van der Waals surface area contributed by atoms with Gasteiger partial charge in [0.15, 0.2) is 12.6 Å². The number of aliphatic hydroxyl groups is 2. The first kappa shape index (κ1) is 33.3. The van der Waals surface area contributed by atoms with E-state index in [9.17, 15) is 24.3 Å². The Kier molecular flexibility index (Phi) is 11.8. The molecule has 0 spiro atoms. The van der Waals surface area contributed by atoms with Crippen LogP contribution in [0.15, 0.2) is 28.8 Å². The Balaban J connectivity index is 0.000000386. The van der Waals surface area contributed by atoms with Crippen molar-refractivity contribution >= 4 is 47.1 Å². The summed E-state index contributed by atoms with van der Waals surface area (Å²) in [7, 11) is 0. The summed E-state index contributed by atoms with van der Waals surface area (Å²) in [4.78, 5) is 49.4. The van der Waals surface area contributed by atoms with Crippen LogP contribution in [0.1, 0.15) is 58.2 Å². The number of carboxylic acids is 1. The van der Waals surface area contributed by atoms with E-state index in [4.69, 9.17) is 19.5 Å². The summed E-state index contributed by atoms with van der Waals surface area (Å²) in [5, 5.41) is 33.7. The van der Waals surface area contributed by atoms with Gasteiger partial charge in [-0.05, 0) is 73.7 Å². The summed E-state index contributed by atoms with van der Waals surface area (Å²) in [6, 6.07) is 7.13. The molecule has 0 bridgehead atoms. The zero-order valence-corrected chi connectivity index (χ0v) is 25.5. The molecule has 4 aromatic rings. The van der Waals surface area contributed by atoms with Gasteiger partial charge in [0.1, 0.15) is 29.9 Å². The highest BCUT2D eigenvalue weighted by molar-refractivity contribution is 7.17. The average molecular weight is 630 g/mol. The number of amides is 1. The number of rotatable bonds is 12. The van der Waals surface area contributed by atoms with Gasteiger partial charge in [-0.2, -0.15) is 4.98 Å². The number of aromatic carboxylic acids is 1. The molecule has 0 aliphatic rings. The van der Waals surface area contributed by atoms with E-state index in [1.807, 2.05) is 39.0 Å². The number of aldehydes is 2. The number of hydrogen-bond acceptors (Lipinski definition) is 12. The van der Waals surface area contributed by atoms with E-state index in [1.54, 1.807) is 6.92 Å². The summed E-state index contributed by atoms with van der Waals surface area (Å²) in [5.74, 6) is -0.110. The molecule has 3 heterocycles. The van der Waals surface area contributed by atoms with E-state index in [1.165, 1.54) is 17.4 Å². The molecule has 0 saturated carbocycles. The summed E-state index contributed by atoms with van der Waals surface area (Å²) < 4.78 is 11.2. The Hall–Kier alpha value is -4.24. The van der Waals surface area contributed by atoms with Gasteiger partial charge in [0.2, 0.25) is 11.7 Å². The van der Waals surface area contributed by atoms with E-state index < -0.39 is 24.6 Å². The summed E-state index contributed by atoms with van der Waals surface area (Å²) in [6.45, 7) is 6.79. The normalized spacial score (nSPS) is 11.3. The first-order valence-electron chi connectivity index (χ1n) is 13.0. The number of carbonyl (C=O) groups is 4. The maximum absolute atomic E-state index is 11.1. The number of aryl methyl sites for hydroxylation is 4. The molecule has 12 nitrogen and oxygen atoms in total. The van der Waals surface area contributed by atoms with Crippen LogP contribution >= 0.6 is 22.7 Å². The SMILES string of the molecule is CCc1cc(-c2noc(-c3cc(C)c(C=O)s3)n2)cc(C)c1OC[C@@H](O)CNC(=O)CO.Cc1cc(C(=O)O)sc1C=O. The Labute approximate surface area is 255 Å². The fourth-order valence-electron chi connectivity index (χ4n) is 3.85. The number of benzene rings is 1. The minimum Gasteiger partial charge on any atom is -0.490 e. The molecule has 0 aliphatic heterocycles. The van der Waals surface area contributed by atoms with Crippen LogP contribution in [-0.2, 0) is 11.2 Å². The topological polar surface area (TPSA) is 189 Å². The highest BCUT2D eigenvalue weighted by Crippen LogP contribution is 2.33. The number of thiophene rings is 2. The molecular formula is C29H31N3O9S2. The van der Waals surface area contributed by atoms with Crippen LogP contribution in [0, 0.1) is 20.8 Å². The van der Waals surface area contributed by atoms with Crippen LogP contribution in [0.25, 0.3) is 22.2 Å². The lowest BCUT2D eigenvalue weighted by atomic mass is 10.0. The standard InChI is InChI=1S/C22H25N3O6S.C7H6O3S/c1-4-14-7-15(5-13(3)20(14)30-11-16(28)8-23-19(29)10-27)21-24-22(31-25-21)17-6-12(2)18(9-26)32-17;1-4-2-5(7(9)10)11-6(4)3-8/h5-7,9,16,27-28H,4,8,10-11H2,1-3H3,(H,23,29);2-3H,1H3,(H,9,10)/t16-;/m0./s1. The molecule has 14 heteroatoms. The molecular weight excluding hydrogens is 598 g/mol. The quantitative estimate of drug-likeness (QED) is 0.166. The van der Waals surface area contributed by atoms with Crippen molar-refractivity contribution in [1.82, 2.24) is 15.5 Å². The highest BCUT2D eigenvalue weighted by atomic mass is 32.1. The van der Waals surface area contributed by atoms with Crippen molar-refractivity contribution in [3.05, 3.63) is 61.2 Å². The minimum atomic E-state index is -0.980. The zero-order valence-electron chi connectivity index (χ0n) is 23.9. The number of aliphatic hydroxyl groups excluding tert-OH is 2. The maximum Gasteiger partial charge on any atom is 0.345 e. The predicted molar refractivity (Wildman–Crippen MR) is 160 cm³/mol. The van der Waals surface area contributed by atoms with Gasteiger partial charge < -0.3 is 29.9 Å². The number of ether oxygens (including phenoxy) is 1. The van der Waals surface area contributed by atoms with Gasteiger partial charge in [0.05, 0.1) is 14.6 Å². The highest BCUT2D eigenvalue weighted by Gasteiger charge is 2.18. The number of hydrogen-bond donors (Lipinski definition) is 4. The summed E-state index contributed by atoms with van der Waals surface area (Å²) in [5.41, 5.74) is 4.10. The molecule has 0 fully saturated rings. The Bertz CT molecular complexity index is 1610. The van der Waals surface area contributed by atoms with Crippen LogP contribution in [0.5, 0.6) is 5.75 Å². The second-order valence-electron chi connectivity index (χ2n) is 9.34. The first-order chi connectivity index (χ1) is 20.5. The number of carboxylic acid groups (broad SMARTS) is 1. The molecule has 0 unspecified atom stereocenters. The van der Waals surface area contributed by atoms with Crippen molar-refractivity contribution in [2.75, 3.05) is 19.8 Å².